The molecular formula is C20H21Cl3N4O. The molecule has 148 valence electrons. The first kappa shape index (κ1) is 19.6. The average Bonchev–Trinajstić information content (AvgIpc) is 3.30. The number of halogens is 3. The van der Waals surface area contributed by atoms with Gasteiger partial charge in [-0.3, -0.25) is 4.79 Å². The minimum absolute atomic E-state index is 0.00710. The number of carbonyl (C=O) groups excluding carboxylic acids is 1. The van der Waals surface area contributed by atoms with Gasteiger partial charge in [-0.05, 0) is 32.3 Å². The number of benzene rings is 1. The molecule has 1 saturated heterocycles. The highest BCUT2D eigenvalue weighted by Gasteiger charge is 2.39. The normalized spacial score (nSPS) is 21.7. The van der Waals surface area contributed by atoms with Gasteiger partial charge in [-0.2, -0.15) is 5.10 Å². The Hall–Kier alpha value is -1.69. The number of nitrogens with one attached hydrogen (secondary N) is 1. The fraction of sp³-hybridized carbons (Fsp3) is 0.400. The summed E-state index contributed by atoms with van der Waals surface area (Å²) >= 11 is 19.2. The average molecular weight is 440 g/mol. The van der Waals surface area contributed by atoms with Crippen LogP contribution in [0.1, 0.15) is 44.7 Å². The van der Waals surface area contributed by atoms with Crippen LogP contribution in [0.4, 0.5) is 5.82 Å². The molecule has 5 nitrogen and oxygen atoms in total. The minimum Gasteiger partial charge on any atom is -0.342 e. The third-order valence-electron chi connectivity index (χ3n) is 5.59. The Morgan fingerprint density at radius 1 is 1.29 bits per heavy atom. The maximum absolute atomic E-state index is 13.7. The van der Waals surface area contributed by atoms with E-state index in [1.54, 1.807) is 16.9 Å². The molecule has 2 aliphatic rings. The van der Waals surface area contributed by atoms with Crippen molar-refractivity contribution in [3.05, 3.63) is 56.3 Å². The van der Waals surface area contributed by atoms with E-state index in [0.29, 0.717) is 26.5 Å². The Morgan fingerprint density at radius 2 is 2.07 bits per heavy atom. The van der Waals surface area contributed by atoms with Crippen LogP contribution in [-0.2, 0) is 4.79 Å². The van der Waals surface area contributed by atoms with Crippen molar-refractivity contribution >= 4 is 46.5 Å². The summed E-state index contributed by atoms with van der Waals surface area (Å²) in [6.45, 7) is 4.77. The highest BCUT2D eigenvalue weighted by molar-refractivity contribution is 6.42. The number of allylic oxidation sites excluding steroid dienone is 1. The van der Waals surface area contributed by atoms with E-state index in [1.807, 2.05) is 24.0 Å². The molecule has 0 saturated carbocycles. The third-order valence-corrected chi connectivity index (χ3v) is 6.70. The number of hydrogen-bond acceptors (Lipinski definition) is 3. The molecule has 1 aromatic carbocycles. The molecule has 2 atom stereocenters. The second-order valence-corrected chi connectivity index (χ2v) is 8.39. The first-order chi connectivity index (χ1) is 13.4. The van der Waals surface area contributed by atoms with Crippen molar-refractivity contribution in [2.75, 3.05) is 11.9 Å². The maximum Gasteiger partial charge on any atom is 0.254 e. The molecule has 8 heteroatoms. The molecule has 0 aliphatic carbocycles. The van der Waals surface area contributed by atoms with Crippen LogP contribution in [-0.4, -0.2) is 33.2 Å². The highest BCUT2D eigenvalue weighted by atomic mass is 35.5. The van der Waals surface area contributed by atoms with Gasteiger partial charge in [0, 0.05) is 23.8 Å². The zero-order valence-corrected chi connectivity index (χ0v) is 17.9. The number of anilines is 1. The number of amides is 1. The quantitative estimate of drug-likeness (QED) is 0.684. The Bertz CT molecular complexity index is 968. The molecular weight excluding hydrogens is 419 g/mol. The molecule has 2 unspecified atom stereocenters. The van der Waals surface area contributed by atoms with E-state index in [4.69, 9.17) is 34.8 Å². The van der Waals surface area contributed by atoms with Gasteiger partial charge in [0.05, 0.1) is 21.8 Å². The monoisotopic (exact) mass is 438 g/mol. The predicted molar refractivity (Wildman–Crippen MR) is 113 cm³/mol. The lowest BCUT2D eigenvalue weighted by Crippen LogP contribution is -2.40. The molecule has 4 rings (SSSR count). The van der Waals surface area contributed by atoms with E-state index < -0.39 is 6.04 Å². The molecule has 2 aliphatic heterocycles. The van der Waals surface area contributed by atoms with Crippen LogP contribution >= 0.6 is 34.8 Å². The van der Waals surface area contributed by atoms with Gasteiger partial charge in [0.1, 0.15) is 16.9 Å². The van der Waals surface area contributed by atoms with Gasteiger partial charge in [-0.25, -0.2) is 4.68 Å². The third kappa shape index (κ3) is 3.10. The van der Waals surface area contributed by atoms with Crippen LogP contribution < -0.4 is 5.32 Å². The van der Waals surface area contributed by atoms with E-state index in [-0.39, 0.29) is 11.9 Å². The second-order valence-electron chi connectivity index (χ2n) is 7.20. The summed E-state index contributed by atoms with van der Waals surface area (Å²) in [4.78, 5) is 15.6. The van der Waals surface area contributed by atoms with Gasteiger partial charge in [0.15, 0.2) is 0 Å². The lowest BCUT2D eigenvalue weighted by atomic mass is 9.94. The van der Waals surface area contributed by atoms with Crippen molar-refractivity contribution < 1.29 is 4.79 Å². The molecule has 1 amide bonds. The Morgan fingerprint density at radius 3 is 2.82 bits per heavy atom. The van der Waals surface area contributed by atoms with E-state index in [9.17, 15) is 4.79 Å². The number of likely N-dealkylation sites (tertiary alicyclic amines) is 1. The van der Waals surface area contributed by atoms with Gasteiger partial charge in [-0.1, -0.05) is 53.9 Å². The van der Waals surface area contributed by atoms with Crippen molar-refractivity contribution in [2.24, 2.45) is 0 Å². The first-order valence-corrected chi connectivity index (χ1v) is 10.5. The molecule has 28 heavy (non-hydrogen) atoms. The van der Waals surface area contributed by atoms with Gasteiger partial charge in [-0.15, -0.1) is 0 Å². The van der Waals surface area contributed by atoms with Gasteiger partial charge < -0.3 is 10.2 Å². The highest BCUT2D eigenvalue weighted by Crippen LogP contribution is 2.43. The Labute approximate surface area is 179 Å². The number of nitrogens with zero attached hydrogens (tertiary/aromatic N) is 3. The largest absolute Gasteiger partial charge is 0.342 e. The smallest absolute Gasteiger partial charge is 0.254 e. The summed E-state index contributed by atoms with van der Waals surface area (Å²) in [5, 5.41) is 9.03. The molecule has 0 spiro atoms. The van der Waals surface area contributed by atoms with Crippen LogP contribution in [0, 0.1) is 0 Å². The van der Waals surface area contributed by atoms with Gasteiger partial charge in [0.2, 0.25) is 0 Å². The van der Waals surface area contributed by atoms with Crippen LogP contribution in [0.2, 0.25) is 15.1 Å². The van der Waals surface area contributed by atoms with Crippen molar-refractivity contribution in [1.29, 1.82) is 0 Å². The van der Waals surface area contributed by atoms with Gasteiger partial charge >= 0.3 is 0 Å². The summed E-state index contributed by atoms with van der Waals surface area (Å²) in [6, 6.07) is 5.20. The number of carbonyl (C=O) groups is 1. The van der Waals surface area contributed by atoms with E-state index >= 15 is 0 Å². The van der Waals surface area contributed by atoms with Crippen LogP contribution in [0.25, 0.3) is 0 Å². The molecule has 0 radical (unpaired) electrons. The molecule has 1 N–H and O–H groups in total. The number of rotatable bonds is 3. The first-order valence-electron chi connectivity index (χ1n) is 9.39. The molecule has 3 heterocycles. The van der Waals surface area contributed by atoms with E-state index in [0.717, 1.165) is 37.1 Å². The maximum atomic E-state index is 13.7. The molecule has 1 fully saturated rings. The zero-order valence-electron chi connectivity index (χ0n) is 15.7. The molecule has 1 aromatic heterocycles. The fourth-order valence-electron chi connectivity index (χ4n) is 4.20. The van der Waals surface area contributed by atoms with E-state index in [2.05, 4.69) is 17.3 Å². The lowest BCUT2D eigenvalue weighted by molar-refractivity contribution is -0.128. The van der Waals surface area contributed by atoms with Crippen LogP contribution in [0.3, 0.4) is 0 Å². The van der Waals surface area contributed by atoms with Crippen LogP contribution in [0.5, 0.6) is 0 Å². The summed E-state index contributed by atoms with van der Waals surface area (Å²) in [5.74, 6) is 0.651. The number of aromatic nitrogens is 2. The van der Waals surface area contributed by atoms with Crippen LogP contribution in [0.15, 0.2) is 35.7 Å². The minimum atomic E-state index is -0.499. The fourth-order valence-corrected chi connectivity index (χ4v) is 4.79. The summed E-state index contributed by atoms with van der Waals surface area (Å²) in [5.41, 5.74) is 2.10. The summed E-state index contributed by atoms with van der Waals surface area (Å²) in [7, 11) is 0. The SMILES string of the molecule is CCC1CCCN1C(=O)C1=C(C)Nc2c(Cl)cnn2C1c1cccc(Cl)c1Cl. The topological polar surface area (TPSA) is 50.2 Å². The number of hydrogen-bond donors (Lipinski definition) is 1. The molecule has 0 bridgehead atoms. The summed E-state index contributed by atoms with van der Waals surface area (Å²) in [6.07, 6.45) is 4.56. The standard InChI is InChI=1S/C20H21Cl3N4O/c1-3-12-6-5-9-26(12)20(28)16-11(2)25-19-15(22)10-24-27(19)18(16)13-7-4-8-14(21)17(13)23/h4,7-8,10,12,18,25H,3,5-6,9H2,1-2H3. The Kier molecular flexibility index (Phi) is 5.34. The summed E-state index contributed by atoms with van der Waals surface area (Å²) < 4.78 is 1.72. The van der Waals surface area contributed by atoms with Gasteiger partial charge in [0.25, 0.3) is 5.91 Å². The van der Waals surface area contributed by atoms with Crippen molar-refractivity contribution in [1.82, 2.24) is 14.7 Å². The Balaban J connectivity index is 1.87. The van der Waals surface area contributed by atoms with Crippen molar-refractivity contribution in [2.45, 2.75) is 45.2 Å². The van der Waals surface area contributed by atoms with Crippen molar-refractivity contribution in [3.8, 4) is 0 Å². The van der Waals surface area contributed by atoms with E-state index in [1.165, 1.54) is 0 Å². The second kappa shape index (κ2) is 7.62. The number of fused-ring (bicyclic) bond motifs is 1. The predicted octanol–water partition coefficient (Wildman–Crippen LogP) is 5.53. The lowest BCUT2D eigenvalue weighted by Gasteiger charge is -2.34. The van der Waals surface area contributed by atoms with Crippen molar-refractivity contribution in [3.63, 3.8) is 0 Å². The molecule has 2 aromatic rings. The zero-order chi connectivity index (χ0) is 20.0.